The molecule has 0 aromatic heterocycles. The minimum atomic E-state index is -0.253. The van der Waals surface area contributed by atoms with Crippen LogP contribution in [0.1, 0.15) is 20.3 Å². The molecule has 1 N–H and O–H groups in total. The fraction of sp³-hybridized carbons (Fsp3) is 0.588. The number of hydrogen-bond acceptors (Lipinski definition) is 3. The molecule has 1 aliphatic heterocycles. The summed E-state index contributed by atoms with van der Waals surface area (Å²) < 4.78 is 18.4. The van der Waals surface area contributed by atoms with Crippen molar-refractivity contribution in [1.82, 2.24) is 15.1 Å². The fourth-order valence-corrected chi connectivity index (χ4v) is 2.52. The first-order chi connectivity index (χ1) is 11.0. The third-order valence-corrected chi connectivity index (χ3v) is 3.77. The molecule has 0 saturated carbocycles. The molecule has 6 heteroatoms. The molecule has 1 fully saturated rings. The lowest BCUT2D eigenvalue weighted by Gasteiger charge is -2.35. The van der Waals surface area contributed by atoms with Crippen LogP contribution in [0.15, 0.2) is 24.3 Å². The summed E-state index contributed by atoms with van der Waals surface area (Å²) in [6.07, 6.45) is 0.912. The Bertz CT molecular complexity index is 485. The Labute approximate surface area is 137 Å². The van der Waals surface area contributed by atoms with E-state index in [0.29, 0.717) is 12.4 Å². The number of carbonyl (C=O) groups is 1. The quantitative estimate of drug-likeness (QED) is 0.817. The van der Waals surface area contributed by atoms with Crippen molar-refractivity contribution in [2.45, 2.75) is 26.3 Å². The molecule has 2 amide bonds. The molecule has 0 bridgehead atoms. The van der Waals surface area contributed by atoms with Crippen molar-refractivity contribution in [3.8, 4) is 5.75 Å². The number of hydrogen-bond donors (Lipinski definition) is 1. The second-order valence-corrected chi connectivity index (χ2v) is 6.09. The van der Waals surface area contributed by atoms with E-state index < -0.39 is 0 Å². The second-order valence-electron chi connectivity index (χ2n) is 6.09. The first kappa shape index (κ1) is 17.5. The topological polar surface area (TPSA) is 44.8 Å². The molecular weight excluding hydrogens is 297 g/mol. The van der Waals surface area contributed by atoms with E-state index in [-0.39, 0.29) is 17.9 Å². The molecule has 1 aromatic carbocycles. The number of ether oxygens (including phenoxy) is 1. The molecule has 1 saturated heterocycles. The van der Waals surface area contributed by atoms with Gasteiger partial charge in [0.05, 0.1) is 6.61 Å². The minimum Gasteiger partial charge on any atom is -0.494 e. The lowest BCUT2D eigenvalue weighted by Crippen LogP contribution is -2.52. The molecule has 0 atom stereocenters. The zero-order chi connectivity index (χ0) is 16.7. The van der Waals surface area contributed by atoms with Crippen LogP contribution in [-0.2, 0) is 0 Å². The summed E-state index contributed by atoms with van der Waals surface area (Å²) in [5, 5.41) is 2.92. The summed E-state index contributed by atoms with van der Waals surface area (Å²) in [5.74, 6) is 0.443. The maximum absolute atomic E-state index is 12.8. The van der Waals surface area contributed by atoms with Gasteiger partial charge in [-0.2, -0.15) is 0 Å². The third kappa shape index (κ3) is 6.06. The standard InChI is InChI=1S/C17H26FN3O2/c1-14(2)19-17(22)21-11-9-20(10-12-21)8-3-13-23-16-6-4-15(18)5-7-16/h4-7,14H,3,8-13H2,1-2H3,(H,19,22). The number of urea groups is 1. The van der Waals surface area contributed by atoms with Crippen molar-refractivity contribution in [3.63, 3.8) is 0 Å². The average Bonchev–Trinajstić information content (AvgIpc) is 2.53. The van der Waals surface area contributed by atoms with Gasteiger partial charge in [0.1, 0.15) is 11.6 Å². The van der Waals surface area contributed by atoms with Crippen molar-refractivity contribution < 1.29 is 13.9 Å². The van der Waals surface area contributed by atoms with Crippen LogP contribution in [0.3, 0.4) is 0 Å². The summed E-state index contributed by atoms with van der Waals surface area (Å²) in [6, 6.07) is 6.28. The van der Waals surface area contributed by atoms with Crippen LogP contribution in [-0.4, -0.2) is 61.2 Å². The highest BCUT2D eigenvalue weighted by Crippen LogP contribution is 2.11. The Morgan fingerprint density at radius 3 is 2.48 bits per heavy atom. The summed E-state index contributed by atoms with van der Waals surface area (Å²) >= 11 is 0. The smallest absolute Gasteiger partial charge is 0.317 e. The highest BCUT2D eigenvalue weighted by atomic mass is 19.1. The molecule has 5 nitrogen and oxygen atoms in total. The molecule has 128 valence electrons. The number of amides is 2. The normalized spacial score (nSPS) is 15.7. The molecular formula is C17H26FN3O2. The Morgan fingerprint density at radius 1 is 1.22 bits per heavy atom. The first-order valence-corrected chi connectivity index (χ1v) is 8.21. The molecule has 1 aromatic rings. The minimum absolute atomic E-state index is 0.0271. The van der Waals surface area contributed by atoms with Crippen molar-refractivity contribution >= 4 is 6.03 Å². The zero-order valence-corrected chi connectivity index (χ0v) is 13.9. The van der Waals surface area contributed by atoms with Gasteiger partial charge >= 0.3 is 6.03 Å². The predicted octanol–water partition coefficient (Wildman–Crippen LogP) is 2.33. The fourth-order valence-electron chi connectivity index (χ4n) is 2.52. The number of piperazine rings is 1. The third-order valence-electron chi connectivity index (χ3n) is 3.77. The number of nitrogens with one attached hydrogen (secondary N) is 1. The second kappa shape index (κ2) is 8.72. The number of halogens is 1. The van der Waals surface area contributed by atoms with Gasteiger partial charge in [-0.1, -0.05) is 0 Å². The van der Waals surface area contributed by atoms with Gasteiger partial charge in [-0.25, -0.2) is 9.18 Å². The number of benzene rings is 1. The van der Waals surface area contributed by atoms with Crippen LogP contribution in [0.2, 0.25) is 0 Å². The highest BCUT2D eigenvalue weighted by molar-refractivity contribution is 5.74. The van der Waals surface area contributed by atoms with Gasteiger partial charge in [-0.15, -0.1) is 0 Å². The van der Waals surface area contributed by atoms with Gasteiger partial charge in [0.25, 0.3) is 0 Å². The van der Waals surface area contributed by atoms with Crippen LogP contribution < -0.4 is 10.1 Å². The lowest BCUT2D eigenvalue weighted by molar-refractivity contribution is 0.133. The zero-order valence-electron chi connectivity index (χ0n) is 13.9. The van der Waals surface area contributed by atoms with Crippen molar-refractivity contribution in [2.24, 2.45) is 0 Å². The van der Waals surface area contributed by atoms with Gasteiger partial charge in [0.15, 0.2) is 0 Å². The molecule has 1 aliphatic rings. The van der Waals surface area contributed by atoms with E-state index in [9.17, 15) is 9.18 Å². The van der Waals surface area contributed by atoms with Gasteiger partial charge in [-0.3, -0.25) is 4.90 Å². The summed E-state index contributed by atoms with van der Waals surface area (Å²) in [6.45, 7) is 8.80. The van der Waals surface area contributed by atoms with E-state index in [1.165, 1.54) is 12.1 Å². The Hall–Kier alpha value is -1.82. The summed E-state index contributed by atoms with van der Waals surface area (Å²) in [4.78, 5) is 16.1. The molecule has 2 rings (SSSR count). The van der Waals surface area contributed by atoms with Crippen LogP contribution in [0.4, 0.5) is 9.18 Å². The highest BCUT2D eigenvalue weighted by Gasteiger charge is 2.20. The number of carbonyl (C=O) groups excluding carboxylic acids is 1. The van der Waals surface area contributed by atoms with E-state index in [2.05, 4.69) is 10.2 Å². The molecule has 0 unspecified atom stereocenters. The molecule has 0 aliphatic carbocycles. The Morgan fingerprint density at radius 2 is 1.87 bits per heavy atom. The van der Waals surface area contributed by atoms with Gasteiger partial charge in [0.2, 0.25) is 0 Å². The lowest BCUT2D eigenvalue weighted by atomic mass is 10.3. The summed E-state index contributed by atoms with van der Waals surface area (Å²) in [7, 11) is 0. The van der Waals surface area contributed by atoms with Crippen molar-refractivity contribution in [2.75, 3.05) is 39.3 Å². The number of rotatable bonds is 6. The monoisotopic (exact) mass is 323 g/mol. The van der Waals surface area contributed by atoms with E-state index in [1.807, 2.05) is 18.7 Å². The first-order valence-electron chi connectivity index (χ1n) is 8.21. The summed E-state index contributed by atoms with van der Waals surface area (Å²) in [5.41, 5.74) is 0. The van der Waals surface area contributed by atoms with Crippen LogP contribution >= 0.6 is 0 Å². The largest absolute Gasteiger partial charge is 0.494 e. The molecule has 23 heavy (non-hydrogen) atoms. The molecule has 1 heterocycles. The van der Waals surface area contributed by atoms with Crippen molar-refractivity contribution in [3.05, 3.63) is 30.1 Å². The van der Waals surface area contributed by atoms with E-state index >= 15 is 0 Å². The average molecular weight is 323 g/mol. The van der Waals surface area contributed by atoms with Crippen LogP contribution in [0, 0.1) is 5.82 Å². The Balaban J connectivity index is 1.59. The van der Waals surface area contributed by atoms with Gasteiger partial charge in [0, 0.05) is 38.8 Å². The molecule has 0 spiro atoms. The van der Waals surface area contributed by atoms with Gasteiger partial charge in [-0.05, 0) is 44.5 Å². The van der Waals surface area contributed by atoms with Gasteiger partial charge < -0.3 is 15.0 Å². The van der Waals surface area contributed by atoms with E-state index in [4.69, 9.17) is 4.74 Å². The number of nitrogens with zero attached hydrogens (tertiary/aromatic N) is 2. The van der Waals surface area contributed by atoms with Crippen LogP contribution in [0.25, 0.3) is 0 Å². The predicted molar refractivity (Wildman–Crippen MR) is 88.2 cm³/mol. The van der Waals surface area contributed by atoms with Crippen LogP contribution in [0.5, 0.6) is 5.75 Å². The molecule has 0 radical (unpaired) electrons. The van der Waals surface area contributed by atoms with E-state index in [0.717, 1.165) is 39.1 Å². The maximum atomic E-state index is 12.8. The van der Waals surface area contributed by atoms with Crippen molar-refractivity contribution in [1.29, 1.82) is 0 Å². The maximum Gasteiger partial charge on any atom is 0.317 e. The van der Waals surface area contributed by atoms with E-state index in [1.54, 1.807) is 12.1 Å². The Kier molecular flexibility index (Phi) is 6.65. The SMILES string of the molecule is CC(C)NC(=O)N1CCN(CCCOc2ccc(F)cc2)CC1.